The molecule has 0 radical (unpaired) electrons. The summed E-state index contributed by atoms with van der Waals surface area (Å²) in [4.78, 5) is 4.14. The van der Waals surface area contributed by atoms with E-state index in [1.807, 2.05) is 19.4 Å². The van der Waals surface area contributed by atoms with Crippen LogP contribution in [0.1, 0.15) is 39.2 Å². The third-order valence-corrected chi connectivity index (χ3v) is 3.46. The molecule has 1 saturated carbocycles. The van der Waals surface area contributed by atoms with Crippen molar-refractivity contribution in [2.75, 3.05) is 13.2 Å². The van der Waals surface area contributed by atoms with E-state index in [4.69, 9.17) is 4.74 Å². The van der Waals surface area contributed by atoms with Gasteiger partial charge in [0.05, 0.1) is 12.9 Å². The molecule has 0 amide bonds. The molecule has 1 fully saturated rings. The van der Waals surface area contributed by atoms with Gasteiger partial charge in [0.15, 0.2) is 0 Å². The minimum absolute atomic E-state index is 0.420. The zero-order valence-electron chi connectivity index (χ0n) is 10.8. The molecule has 0 aliphatic heterocycles. The lowest BCUT2D eigenvalue weighted by atomic mass is 10.1. The fourth-order valence-electron chi connectivity index (χ4n) is 2.67. The lowest BCUT2D eigenvalue weighted by Gasteiger charge is -2.25. The minimum Gasteiger partial charge on any atom is -0.380 e. The second kappa shape index (κ2) is 6.17. The van der Waals surface area contributed by atoms with Crippen molar-refractivity contribution in [3.63, 3.8) is 0 Å². The van der Waals surface area contributed by atoms with Crippen molar-refractivity contribution in [2.45, 2.75) is 51.2 Å². The van der Waals surface area contributed by atoms with E-state index in [2.05, 4.69) is 28.0 Å². The van der Waals surface area contributed by atoms with E-state index in [-0.39, 0.29) is 0 Å². The Hall–Kier alpha value is -0.870. The Morgan fingerprint density at radius 1 is 1.53 bits per heavy atom. The van der Waals surface area contributed by atoms with Gasteiger partial charge in [-0.1, -0.05) is 0 Å². The lowest BCUT2D eigenvalue weighted by Crippen LogP contribution is -2.41. The lowest BCUT2D eigenvalue weighted by molar-refractivity contribution is 0.121. The van der Waals surface area contributed by atoms with Crippen LogP contribution in [0.4, 0.5) is 0 Å². The summed E-state index contributed by atoms with van der Waals surface area (Å²) >= 11 is 0. The number of ether oxygens (including phenoxy) is 1. The van der Waals surface area contributed by atoms with E-state index in [0.29, 0.717) is 18.1 Å². The molecule has 1 aliphatic rings. The Kier molecular flexibility index (Phi) is 4.57. The maximum absolute atomic E-state index is 5.45. The molecule has 1 heterocycles. The second-order valence-electron chi connectivity index (χ2n) is 4.84. The summed E-state index contributed by atoms with van der Waals surface area (Å²) < 4.78 is 7.68. The number of aromatic nitrogens is 2. The second-order valence-corrected chi connectivity index (χ2v) is 4.84. The van der Waals surface area contributed by atoms with Crippen LogP contribution >= 0.6 is 0 Å². The molecule has 0 saturated heterocycles. The molecule has 4 nitrogen and oxygen atoms in total. The number of nitrogens with zero attached hydrogens (tertiary/aromatic N) is 2. The predicted octanol–water partition coefficient (Wildman–Crippen LogP) is 1.99. The van der Waals surface area contributed by atoms with Crippen LogP contribution < -0.4 is 5.32 Å². The molecule has 1 aromatic rings. The summed E-state index contributed by atoms with van der Waals surface area (Å²) in [6, 6.07) is 1.53. The Morgan fingerprint density at radius 2 is 2.41 bits per heavy atom. The number of hydrogen-bond acceptors (Lipinski definition) is 3. The van der Waals surface area contributed by atoms with Crippen LogP contribution in [-0.2, 0) is 4.74 Å². The number of rotatable bonds is 6. The smallest absolute Gasteiger partial charge is 0.0949 e. The maximum atomic E-state index is 5.45. The average molecular weight is 237 g/mol. The van der Waals surface area contributed by atoms with Gasteiger partial charge in [-0.3, -0.25) is 0 Å². The van der Waals surface area contributed by atoms with E-state index in [1.54, 1.807) is 0 Å². The van der Waals surface area contributed by atoms with Crippen LogP contribution in [0, 0.1) is 0 Å². The maximum Gasteiger partial charge on any atom is 0.0949 e. The van der Waals surface area contributed by atoms with Gasteiger partial charge in [0, 0.05) is 37.1 Å². The SMILES string of the molecule is CCOCC(C)NC1CCCC1n1ccnc1. The molecule has 96 valence electrons. The number of hydrogen-bond donors (Lipinski definition) is 1. The topological polar surface area (TPSA) is 39.1 Å². The molecule has 3 unspecified atom stereocenters. The zero-order valence-corrected chi connectivity index (χ0v) is 10.8. The van der Waals surface area contributed by atoms with Gasteiger partial charge in [0.25, 0.3) is 0 Å². The number of imidazole rings is 1. The van der Waals surface area contributed by atoms with Gasteiger partial charge in [0.1, 0.15) is 0 Å². The fourth-order valence-corrected chi connectivity index (χ4v) is 2.67. The van der Waals surface area contributed by atoms with Gasteiger partial charge >= 0.3 is 0 Å². The third-order valence-electron chi connectivity index (χ3n) is 3.46. The zero-order chi connectivity index (χ0) is 12.1. The predicted molar refractivity (Wildman–Crippen MR) is 68.0 cm³/mol. The quantitative estimate of drug-likeness (QED) is 0.822. The molecule has 4 heteroatoms. The van der Waals surface area contributed by atoms with E-state index < -0.39 is 0 Å². The van der Waals surface area contributed by atoms with Crippen molar-refractivity contribution in [3.05, 3.63) is 18.7 Å². The molecule has 2 rings (SSSR count). The van der Waals surface area contributed by atoms with E-state index in [9.17, 15) is 0 Å². The van der Waals surface area contributed by atoms with E-state index in [1.165, 1.54) is 19.3 Å². The van der Waals surface area contributed by atoms with Gasteiger partial charge in [-0.2, -0.15) is 0 Å². The van der Waals surface area contributed by atoms with Crippen LogP contribution in [-0.4, -0.2) is 34.8 Å². The minimum atomic E-state index is 0.420. The van der Waals surface area contributed by atoms with Crippen molar-refractivity contribution in [2.24, 2.45) is 0 Å². The van der Waals surface area contributed by atoms with Crippen LogP contribution in [0.2, 0.25) is 0 Å². The Labute approximate surface area is 103 Å². The summed E-state index contributed by atoms with van der Waals surface area (Å²) in [5.41, 5.74) is 0. The highest BCUT2D eigenvalue weighted by molar-refractivity contribution is 4.92. The van der Waals surface area contributed by atoms with Crippen molar-refractivity contribution >= 4 is 0 Å². The molecule has 0 bridgehead atoms. The normalized spacial score (nSPS) is 26.2. The standard InChI is InChI=1S/C13H23N3O/c1-3-17-9-11(2)15-12-5-4-6-13(12)16-8-7-14-10-16/h7-8,10-13,15H,3-6,9H2,1-2H3. The van der Waals surface area contributed by atoms with Gasteiger partial charge in [-0.15, -0.1) is 0 Å². The molecule has 0 spiro atoms. The monoisotopic (exact) mass is 237 g/mol. The Balaban J connectivity index is 1.87. The van der Waals surface area contributed by atoms with Crippen LogP contribution in [0.25, 0.3) is 0 Å². The Morgan fingerprint density at radius 3 is 3.12 bits per heavy atom. The molecule has 1 N–H and O–H groups in total. The van der Waals surface area contributed by atoms with Crippen molar-refractivity contribution in [1.82, 2.24) is 14.9 Å². The van der Waals surface area contributed by atoms with Gasteiger partial charge in [0.2, 0.25) is 0 Å². The molecule has 0 aromatic carbocycles. The van der Waals surface area contributed by atoms with Crippen molar-refractivity contribution in [1.29, 1.82) is 0 Å². The van der Waals surface area contributed by atoms with Gasteiger partial charge in [-0.25, -0.2) is 4.98 Å². The number of nitrogens with one attached hydrogen (secondary N) is 1. The fraction of sp³-hybridized carbons (Fsp3) is 0.769. The first-order chi connectivity index (χ1) is 8.31. The summed E-state index contributed by atoms with van der Waals surface area (Å²) in [7, 11) is 0. The highest BCUT2D eigenvalue weighted by atomic mass is 16.5. The molecular formula is C13H23N3O. The molecule has 1 aliphatic carbocycles. The average Bonchev–Trinajstić information content (AvgIpc) is 2.95. The van der Waals surface area contributed by atoms with Crippen LogP contribution in [0.5, 0.6) is 0 Å². The highest BCUT2D eigenvalue weighted by Gasteiger charge is 2.28. The third kappa shape index (κ3) is 3.30. The van der Waals surface area contributed by atoms with Crippen LogP contribution in [0.15, 0.2) is 18.7 Å². The highest BCUT2D eigenvalue weighted by Crippen LogP contribution is 2.30. The summed E-state index contributed by atoms with van der Waals surface area (Å²) in [6.45, 7) is 5.82. The van der Waals surface area contributed by atoms with Crippen LogP contribution in [0.3, 0.4) is 0 Å². The Bertz CT molecular complexity index is 312. The molecule has 1 aromatic heterocycles. The first-order valence-electron chi connectivity index (χ1n) is 6.62. The van der Waals surface area contributed by atoms with E-state index >= 15 is 0 Å². The summed E-state index contributed by atoms with van der Waals surface area (Å²) in [5.74, 6) is 0. The van der Waals surface area contributed by atoms with E-state index in [0.717, 1.165) is 13.2 Å². The molecule has 3 atom stereocenters. The first kappa shape index (κ1) is 12.6. The molecule has 17 heavy (non-hydrogen) atoms. The summed E-state index contributed by atoms with van der Waals surface area (Å²) in [5, 5.41) is 3.68. The van der Waals surface area contributed by atoms with Gasteiger partial charge < -0.3 is 14.6 Å². The van der Waals surface area contributed by atoms with Gasteiger partial charge in [-0.05, 0) is 33.1 Å². The first-order valence-corrected chi connectivity index (χ1v) is 6.62. The van der Waals surface area contributed by atoms with Crippen molar-refractivity contribution in [3.8, 4) is 0 Å². The largest absolute Gasteiger partial charge is 0.380 e. The van der Waals surface area contributed by atoms with Crippen molar-refractivity contribution < 1.29 is 4.74 Å². The molecular weight excluding hydrogens is 214 g/mol. The summed E-state index contributed by atoms with van der Waals surface area (Å²) in [6.07, 6.45) is 9.64.